The van der Waals surface area contributed by atoms with E-state index in [4.69, 9.17) is 0 Å². The number of nitrogens with zero attached hydrogens (tertiary/aromatic N) is 4. The van der Waals surface area contributed by atoms with Crippen LogP contribution in [0.1, 0.15) is 0 Å². The quantitative estimate of drug-likeness (QED) is 0.588. The average Bonchev–Trinajstić information content (AvgIpc) is 3.12. The van der Waals surface area contributed by atoms with Crippen LogP contribution >= 0.6 is 0 Å². The number of aromatic amines is 1. The summed E-state index contributed by atoms with van der Waals surface area (Å²) in [4.78, 5) is 45.2. The number of nitrogens with one attached hydrogen (secondary N) is 1. The lowest BCUT2D eigenvalue weighted by atomic mass is 10.2. The van der Waals surface area contributed by atoms with E-state index in [9.17, 15) is 14.4 Å². The molecule has 0 aliphatic heterocycles. The summed E-state index contributed by atoms with van der Waals surface area (Å²) >= 11 is 0. The Balaban J connectivity index is 1.77. The smallest absolute Gasteiger partial charge is 0.315 e. The van der Waals surface area contributed by atoms with E-state index in [0.29, 0.717) is 11.4 Å². The van der Waals surface area contributed by atoms with Crippen LogP contribution in [0.25, 0.3) is 11.2 Å². The molecule has 1 N–H and O–H groups in total. The molecule has 0 saturated carbocycles. The van der Waals surface area contributed by atoms with E-state index >= 15 is 0 Å². The molecule has 0 aliphatic carbocycles. The van der Waals surface area contributed by atoms with E-state index in [-0.39, 0.29) is 23.6 Å². The molecule has 28 heavy (non-hydrogen) atoms. The molecule has 0 radical (unpaired) electrons. The highest BCUT2D eigenvalue weighted by atomic mass is 16.2. The molecule has 1 amide bonds. The van der Waals surface area contributed by atoms with E-state index in [1.54, 1.807) is 4.90 Å². The van der Waals surface area contributed by atoms with Gasteiger partial charge in [-0.25, -0.2) is 9.78 Å². The Morgan fingerprint density at radius 1 is 1.00 bits per heavy atom. The highest BCUT2D eigenvalue weighted by molar-refractivity contribution is 6.00. The first-order valence-electron chi connectivity index (χ1n) is 8.63. The van der Waals surface area contributed by atoms with Crippen LogP contribution in [-0.2, 0) is 18.4 Å². The third-order valence-electron chi connectivity index (χ3n) is 4.46. The van der Waals surface area contributed by atoms with Crippen molar-refractivity contribution in [1.29, 1.82) is 0 Å². The van der Waals surface area contributed by atoms with Crippen molar-refractivity contribution in [3.8, 4) is 0 Å². The predicted molar refractivity (Wildman–Crippen MR) is 106 cm³/mol. The van der Waals surface area contributed by atoms with Gasteiger partial charge in [-0.2, -0.15) is 0 Å². The number of amides is 1. The summed E-state index contributed by atoms with van der Waals surface area (Å²) in [5, 5.41) is 0. The largest absolute Gasteiger partial charge is 0.329 e. The zero-order valence-electron chi connectivity index (χ0n) is 15.1. The monoisotopic (exact) mass is 375 g/mol. The van der Waals surface area contributed by atoms with Crippen molar-refractivity contribution in [1.82, 2.24) is 19.1 Å². The van der Waals surface area contributed by atoms with E-state index in [0.717, 1.165) is 0 Å². The Labute approximate surface area is 159 Å². The highest BCUT2D eigenvalue weighted by Crippen LogP contribution is 2.25. The Kier molecular flexibility index (Phi) is 4.36. The third-order valence-corrected chi connectivity index (χ3v) is 4.46. The normalized spacial score (nSPS) is 10.9. The van der Waals surface area contributed by atoms with E-state index < -0.39 is 11.2 Å². The maximum Gasteiger partial charge on any atom is 0.329 e. The fraction of sp³-hybridized carbons (Fsp3) is 0.100. The van der Waals surface area contributed by atoms with Crippen LogP contribution < -0.4 is 16.1 Å². The van der Waals surface area contributed by atoms with Gasteiger partial charge in [-0.1, -0.05) is 36.4 Å². The number of rotatable bonds is 4. The zero-order chi connectivity index (χ0) is 19.7. The molecule has 2 heterocycles. The van der Waals surface area contributed by atoms with Crippen molar-refractivity contribution >= 4 is 28.4 Å². The zero-order valence-corrected chi connectivity index (χ0v) is 15.1. The Hall–Kier alpha value is -3.94. The maximum absolute atomic E-state index is 13.2. The summed E-state index contributed by atoms with van der Waals surface area (Å²) in [6.07, 6.45) is 1.39. The molecular weight excluding hydrogens is 358 g/mol. The molecule has 2 aromatic carbocycles. The van der Waals surface area contributed by atoms with Gasteiger partial charge >= 0.3 is 5.69 Å². The molecule has 2 aromatic heterocycles. The lowest BCUT2D eigenvalue weighted by molar-refractivity contribution is -0.118. The van der Waals surface area contributed by atoms with Crippen LogP contribution in [0.5, 0.6) is 0 Å². The van der Waals surface area contributed by atoms with Gasteiger partial charge in [-0.05, 0) is 24.3 Å². The highest BCUT2D eigenvalue weighted by Gasteiger charge is 2.20. The summed E-state index contributed by atoms with van der Waals surface area (Å²) in [5.41, 5.74) is 0.705. The minimum Gasteiger partial charge on any atom is -0.315 e. The van der Waals surface area contributed by atoms with Crippen molar-refractivity contribution in [2.75, 3.05) is 4.90 Å². The number of aromatic nitrogens is 4. The van der Waals surface area contributed by atoms with Gasteiger partial charge in [0.25, 0.3) is 11.5 Å². The first kappa shape index (κ1) is 17.5. The van der Waals surface area contributed by atoms with Crippen molar-refractivity contribution in [3.63, 3.8) is 0 Å². The fourth-order valence-electron chi connectivity index (χ4n) is 3.11. The molecule has 0 bridgehead atoms. The molecule has 0 unspecified atom stereocenters. The molecule has 0 atom stereocenters. The number of benzene rings is 2. The van der Waals surface area contributed by atoms with Gasteiger partial charge in [-0.3, -0.25) is 24.0 Å². The minimum atomic E-state index is -0.575. The number of carbonyl (C=O) groups is 1. The second kappa shape index (κ2) is 6.99. The first-order chi connectivity index (χ1) is 13.6. The van der Waals surface area contributed by atoms with Crippen LogP contribution in [0.4, 0.5) is 11.4 Å². The molecule has 4 aromatic rings. The van der Waals surface area contributed by atoms with Crippen LogP contribution in [0.15, 0.2) is 76.6 Å². The lowest BCUT2D eigenvalue weighted by Crippen LogP contribution is -2.32. The van der Waals surface area contributed by atoms with Crippen LogP contribution in [-0.4, -0.2) is 25.0 Å². The van der Waals surface area contributed by atoms with Gasteiger partial charge in [0, 0.05) is 18.4 Å². The van der Waals surface area contributed by atoms with Gasteiger partial charge in [0.2, 0.25) is 0 Å². The van der Waals surface area contributed by atoms with Gasteiger partial charge in [0.1, 0.15) is 6.54 Å². The summed E-state index contributed by atoms with van der Waals surface area (Å²) in [6, 6.07) is 18.5. The maximum atomic E-state index is 13.2. The number of imidazole rings is 1. The second-order valence-electron chi connectivity index (χ2n) is 6.26. The first-order valence-corrected chi connectivity index (χ1v) is 8.63. The van der Waals surface area contributed by atoms with Crippen molar-refractivity contribution in [2.24, 2.45) is 7.05 Å². The number of aryl methyl sites for hydroxylation is 1. The molecule has 0 fully saturated rings. The second-order valence-corrected chi connectivity index (χ2v) is 6.26. The van der Waals surface area contributed by atoms with E-state index in [1.165, 1.54) is 22.5 Å². The molecular formula is C20H17N5O3. The Bertz CT molecular complexity index is 1220. The fourth-order valence-corrected chi connectivity index (χ4v) is 3.11. The van der Waals surface area contributed by atoms with Gasteiger partial charge in [0.05, 0.1) is 6.33 Å². The summed E-state index contributed by atoms with van der Waals surface area (Å²) in [6.45, 7) is -0.110. The molecule has 0 spiro atoms. The van der Waals surface area contributed by atoms with Crippen molar-refractivity contribution < 1.29 is 4.79 Å². The number of para-hydroxylation sites is 2. The van der Waals surface area contributed by atoms with Crippen molar-refractivity contribution in [2.45, 2.75) is 6.54 Å². The number of fused-ring (bicyclic) bond motifs is 1. The number of hydrogen-bond donors (Lipinski definition) is 1. The summed E-state index contributed by atoms with van der Waals surface area (Å²) in [7, 11) is 1.51. The topological polar surface area (TPSA) is 93.0 Å². The Morgan fingerprint density at radius 3 is 2.14 bits per heavy atom. The van der Waals surface area contributed by atoms with Gasteiger partial charge < -0.3 is 4.57 Å². The van der Waals surface area contributed by atoms with Crippen LogP contribution in [0, 0.1) is 0 Å². The molecule has 8 heteroatoms. The Morgan fingerprint density at radius 2 is 1.57 bits per heavy atom. The van der Waals surface area contributed by atoms with Gasteiger partial charge in [-0.15, -0.1) is 0 Å². The third kappa shape index (κ3) is 3.01. The standard InChI is InChI=1S/C20H17N5O3/c1-23-18-17(19(27)22-20(23)28)24(13-21-18)12-16(26)25(14-8-4-2-5-9-14)15-10-6-3-7-11-15/h2-11,13H,12H2,1H3,(H,22,27,28). The minimum absolute atomic E-state index is 0.110. The van der Waals surface area contributed by atoms with Gasteiger partial charge in [0.15, 0.2) is 11.2 Å². The number of anilines is 2. The summed E-state index contributed by atoms with van der Waals surface area (Å²) < 4.78 is 2.69. The van der Waals surface area contributed by atoms with E-state index in [2.05, 4.69) is 9.97 Å². The van der Waals surface area contributed by atoms with Crippen molar-refractivity contribution in [3.05, 3.63) is 87.8 Å². The SMILES string of the molecule is Cn1c(=O)[nH]c(=O)c2c1ncn2CC(=O)N(c1ccccc1)c1ccccc1. The number of H-pyrrole nitrogens is 1. The van der Waals surface area contributed by atoms with Crippen LogP contribution in [0.2, 0.25) is 0 Å². The predicted octanol–water partition coefficient (Wildman–Crippen LogP) is 1.79. The molecule has 0 saturated heterocycles. The molecule has 4 rings (SSSR count). The number of hydrogen-bond acceptors (Lipinski definition) is 4. The summed E-state index contributed by atoms with van der Waals surface area (Å²) in [5.74, 6) is -0.245. The molecule has 8 nitrogen and oxygen atoms in total. The van der Waals surface area contributed by atoms with E-state index in [1.807, 2.05) is 60.7 Å². The molecule has 140 valence electrons. The number of carbonyl (C=O) groups excluding carboxylic acids is 1. The average molecular weight is 375 g/mol. The molecule has 0 aliphatic rings. The van der Waals surface area contributed by atoms with Crippen LogP contribution in [0.3, 0.4) is 0 Å². The lowest BCUT2D eigenvalue weighted by Gasteiger charge is -2.23.